The van der Waals surface area contributed by atoms with Crippen LogP contribution in [0.25, 0.3) is 0 Å². The Morgan fingerprint density at radius 2 is 2.26 bits per heavy atom. The van der Waals surface area contributed by atoms with Gasteiger partial charge in [-0.25, -0.2) is 14.5 Å². The molecule has 3 amide bonds. The Morgan fingerprint density at radius 1 is 1.44 bits per heavy atom. The van der Waals surface area contributed by atoms with Crippen molar-refractivity contribution in [2.45, 2.75) is 23.1 Å². The fraction of sp³-hybridized carbons (Fsp3) is 0.350. The maximum Gasteiger partial charge on any atom is 0.352 e. The maximum absolute atomic E-state index is 13.1. The third-order valence-electron chi connectivity index (χ3n) is 5.17. The Hall–Kier alpha value is -3.99. The van der Waals surface area contributed by atoms with Gasteiger partial charge >= 0.3 is 5.97 Å². The number of tetrazole rings is 1. The molecule has 2 aliphatic rings. The molecule has 2 aromatic rings. The van der Waals surface area contributed by atoms with E-state index in [4.69, 9.17) is 16.4 Å². The number of nitrogens with one attached hydrogen (secondary N) is 2. The van der Waals surface area contributed by atoms with Crippen LogP contribution >= 0.6 is 34.9 Å². The average molecular weight is 594 g/mol. The molecule has 1 fully saturated rings. The average Bonchev–Trinajstić information content (AvgIpc) is 3.57. The van der Waals surface area contributed by atoms with Gasteiger partial charge in [0.2, 0.25) is 11.6 Å². The number of terminal acetylenes is 1. The summed E-state index contributed by atoms with van der Waals surface area (Å²) in [5.41, 5.74) is 0.110. The number of oxime groups is 1. The standard InChI is InChI=1S/C20H19N9O7S3/c1-2-5-36-25-12(11-8-38-19(22-11)21-9-31)15(32)23-13-16(33)29-14(18(34)35)10(6-37-17(13)29)7-39-20-24-26-27-28(20)3-4-30/h1,8-9,13,17,30H,3-7H2,(H,23,32)(H,34,35)(H,21,22,31)/b25-12-/t13?,17-/m1/s1. The topological polar surface area (TPSA) is 214 Å². The molecule has 0 aromatic carbocycles. The van der Waals surface area contributed by atoms with Crippen molar-refractivity contribution >= 4 is 69.9 Å². The summed E-state index contributed by atoms with van der Waals surface area (Å²) in [6.45, 7) is -0.219. The minimum Gasteiger partial charge on any atom is -0.477 e. The normalized spacial score (nSPS) is 18.6. The molecule has 4 rings (SSSR count). The highest BCUT2D eigenvalue weighted by Crippen LogP contribution is 2.41. The number of β-lactam (4-membered cyclic amide) rings is 1. The van der Waals surface area contributed by atoms with Crippen molar-refractivity contribution in [3.05, 3.63) is 22.3 Å². The van der Waals surface area contributed by atoms with E-state index in [1.807, 2.05) is 0 Å². The zero-order chi connectivity index (χ0) is 27.9. The number of carbonyl (C=O) groups excluding carboxylic acids is 3. The molecule has 4 N–H and O–H groups in total. The summed E-state index contributed by atoms with van der Waals surface area (Å²) in [6, 6.07) is -1.04. The Bertz CT molecular complexity index is 1380. The number of amides is 3. The van der Waals surface area contributed by atoms with Crippen LogP contribution in [0.3, 0.4) is 0 Å². The fourth-order valence-corrected chi connectivity index (χ4v) is 6.57. The van der Waals surface area contributed by atoms with Crippen molar-refractivity contribution in [2.24, 2.45) is 5.16 Å². The number of nitrogens with zero attached hydrogens (tertiary/aromatic N) is 7. The highest BCUT2D eigenvalue weighted by atomic mass is 32.2. The monoisotopic (exact) mass is 593 g/mol. The second kappa shape index (κ2) is 12.7. The quantitative estimate of drug-likeness (QED) is 0.0399. The van der Waals surface area contributed by atoms with Gasteiger partial charge in [0.25, 0.3) is 11.8 Å². The molecular formula is C20H19N9O7S3. The zero-order valence-electron chi connectivity index (χ0n) is 19.7. The van der Waals surface area contributed by atoms with Crippen molar-refractivity contribution < 1.29 is 34.2 Å². The summed E-state index contributed by atoms with van der Waals surface area (Å²) >= 11 is 3.50. The molecule has 2 aromatic heterocycles. The number of aliphatic hydroxyl groups is 1. The summed E-state index contributed by atoms with van der Waals surface area (Å²) in [6.07, 6.45) is 5.58. The van der Waals surface area contributed by atoms with E-state index >= 15 is 0 Å². The summed E-state index contributed by atoms with van der Waals surface area (Å²) in [4.78, 5) is 59.1. The third kappa shape index (κ3) is 6.03. The van der Waals surface area contributed by atoms with Crippen LogP contribution in [0.4, 0.5) is 5.13 Å². The third-order valence-corrected chi connectivity index (χ3v) is 8.33. The second-order valence-corrected chi connectivity index (χ2v) is 10.4. The molecule has 2 atom stereocenters. The summed E-state index contributed by atoms with van der Waals surface area (Å²) in [5, 5.41) is 40.3. The number of carboxylic acids is 1. The molecule has 0 aliphatic carbocycles. The number of anilines is 1. The van der Waals surface area contributed by atoms with Crippen LogP contribution in [0.15, 0.2) is 27.0 Å². The van der Waals surface area contributed by atoms with Gasteiger partial charge in [0, 0.05) is 16.9 Å². The van der Waals surface area contributed by atoms with Crippen LogP contribution in [0.5, 0.6) is 0 Å². The molecule has 1 saturated heterocycles. The number of rotatable bonds is 13. The van der Waals surface area contributed by atoms with E-state index in [1.165, 1.54) is 33.6 Å². The predicted molar refractivity (Wildman–Crippen MR) is 138 cm³/mol. The van der Waals surface area contributed by atoms with E-state index < -0.39 is 29.2 Å². The molecule has 4 heterocycles. The molecule has 0 radical (unpaired) electrons. The van der Waals surface area contributed by atoms with Crippen LogP contribution in [-0.2, 0) is 30.6 Å². The molecular weight excluding hydrogens is 574 g/mol. The molecule has 16 nitrogen and oxygen atoms in total. The highest BCUT2D eigenvalue weighted by molar-refractivity contribution is 8.01. The van der Waals surface area contributed by atoms with Crippen LogP contribution < -0.4 is 10.6 Å². The lowest BCUT2D eigenvalue weighted by Crippen LogP contribution is -2.71. The molecule has 204 valence electrons. The summed E-state index contributed by atoms with van der Waals surface area (Å²) in [7, 11) is 0. The number of aliphatic hydroxyl groups excluding tert-OH is 1. The van der Waals surface area contributed by atoms with Gasteiger partial charge in [0.05, 0.1) is 13.2 Å². The predicted octanol–water partition coefficient (Wildman–Crippen LogP) is -1.42. The first-order valence-electron chi connectivity index (χ1n) is 10.9. The Morgan fingerprint density at radius 3 is 2.97 bits per heavy atom. The van der Waals surface area contributed by atoms with E-state index in [2.05, 4.69) is 42.2 Å². The van der Waals surface area contributed by atoms with Crippen molar-refractivity contribution in [1.29, 1.82) is 0 Å². The van der Waals surface area contributed by atoms with Crippen molar-refractivity contribution in [2.75, 3.05) is 30.0 Å². The number of carbonyl (C=O) groups is 4. The SMILES string of the molecule is C#CCO/N=C(\C(=O)NC1C(=O)N2C(C(=O)O)=C(CSc3nnnn3CCO)CS[C@H]12)c1csc(NC=O)n1. The largest absolute Gasteiger partial charge is 0.477 e. The van der Waals surface area contributed by atoms with Gasteiger partial charge in [-0.2, -0.15) is 0 Å². The van der Waals surface area contributed by atoms with E-state index in [9.17, 15) is 24.3 Å². The van der Waals surface area contributed by atoms with E-state index in [-0.39, 0.29) is 53.5 Å². The molecule has 19 heteroatoms. The maximum atomic E-state index is 13.1. The fourth-order valence-electron chi connectivity index (χ4n) is 3.53. The van der Waals surface area contributed by atoms with Crippen LogP contribution in [0.2, 0.25) is 0 Å². The number of aromatic nitrogens is 5. The number of hydrogen-bond donors (Lipinski definition) is 4. The number of hydrogen-bond acceptors (Lipinski definition) is 14. The van der Waals surface area contributed by atoms with Crippen LogP contribution in [-0.4, -0.2) is 106 Å². The molecule has 0 spiro atoms. The van der Waals surface area contributed by atoms with E-state index in [0.29, 0.717) is 17.1 Å². The van der Waals surface area contributed by atoms with Crippen LogP contribution in [0, 0.1) is 12.3 Å². The lowest BCUT2D eigenvalue weighted by molar-refractivity contribution is -0.150. The number of aliphatic carboxylic acids is 1. The van der Waals surface area contributed by atoms with E-state index in [1.54, 1.807) is 0 Å². The van der Waals surface area contributed by atoms with Gasteiger partial charge in [-0.15, -0.1) is 34.6 Å². The lowest BCUT2D eigenvalue weighted by Gasteiger charge is -2.49. The summed E-state index contributed by atoms with van der Waals surface area (Å²) in [5.74, 6) is -0.0262. The number of carboxylic acid groups (broad SMARTS) is 1. The van der Waals surface area contributed by atoms with Gasteiger partial charge < -0.3 is 25.7 Å². The zero-order valence-corrected chi connectivity index (χ0v) is 22.2. The van der Waals surface area contributed by atoms with Crippen molar-refractivity contribution in [3.8, 4) is 12.3 Å². The molecule has 1 unspecified atom stereocenters. The first kappa shape index (κ1) is 28.0. The highest BCUT2D eigenvalue weighted by Gasteiger charge is 2.54. The lowest BCUT2D eigenvalue weighted by atomic mass is 10.0. The van der Waals surface area contributed by atoms with Gasteiger partial charge in [0.15, 0.2) is 17.5 Å². The first-order chi connectivity index (χ1) is 18.9. The number of thioether (sulfide) groups is 2. The van der Waals surface area contributed by atoms with Crippen LogP contribution in [0.1, 0.15) is 5.69 Å². The molecule has 2 aliphatic heterocycles. The summed E-state index contributed by atoms with van der Waals surface area (Å²) < 4.78 is 1.39. The minimum absolute atomic E-state index is 0.0766. The second-order valence-electron chi connectivity index (χ2n) is 7.53. The molecule has 0 bridgehead atoms. The first-order valence-corrected chi connectivity index (χ1v) is 13.8. The van der Waals surface area contributed by atoms with Gasteiger partial charge in [0.1, 0.15) is 22.8 Å². The minimum atomic E-state index is -1.29. The Labute approximate surface area is 232 Å². The van der Waals surface area contributed by atoms with Gasteiger partial charge in [-0.3, -0.25) is 19.3 Å². The Kier molecular flexibility index (Phi) is 9.13. The van der Waals surface area contributed by atoms with E-state index in [0.717, 1.165) is 16.2 Å². The van der Waals surface area contributed by atoms with Crippen molar-refractivity contribution in [3.63, 3.8) is 0 Å². The smallest absolute Gasteiger partial charge is 0.352 e. The number of fused-ring (bicyclic) bond motifs is 1. The van der Waals surface area contributed by atoms with Crippen molar-refractivity contribution in [1.82, 2.24) is 35.4 Å². The Balaban J connectivity index is 1.49. The number of thiazole rings is 1. The van der Waals surface area contributed by atoms with Gasteiger partial charge in [-0.05, 0) is 16.0 Å². The molecule has 0 saturated carbocycles. The molecule has 39 heavy (non-hydrogen) atoms. The van der Waals surface area contributed by atoms with Gasteiger partial charge in [-0.1, -0.05) is 22.8 Å².